The average Bonchev–Trinajstić information content (AvgIpc) is 3.35. The van der Waals surface area contributed by atoms with Crippen LogP contribution in [-0.2, 0) is 21.6 Å². The number of hydrogen-bond acceptors (Lipinski definition) is 7. The van der Waals surface area contributed by atoms with Gasteiger partial charge in [0.25, 0.3) is 11.4 Å². The molecule has 9 nitrogen and oxygen atoms in total. The predicted molar refractivity (Wildman–Crippen MR) is 102 cm³/mol. The number of para-hydroxylation sites is 2. The summed E-state index contributed by atoms with van der Waals surface area (Å²) in [6.07, 6.45) is 1.60. The molecule has 4 aromatic rings. The molecule has 0 atom stereocenters. The van der Waals surface area contributed by atoms with E-state index in [1.807, 2.05) is 38.1 Å². The number of imidazole rings is 1. The Morgan fingerprint density at radius 1 is 1.18 bits per heavy atom. The molecule has 0 fully saturated rings. The topological polar surface area (TPSA) is 96.7 Å². The third-order valence-corrected chi connectivity index (χ3v) is 4.83. The molecule has 0 radical (unpaired) electrons. The van der Waals surface area contributed by atoms with E-state index in [0.717, 1.165) is 11.0 Å². The first-order chi connectivity index (χ1) is 13.5. The van der Waals surface area contributed by atoms with Crippen LogP contribution in [0.5, 0.6) is 0 Å². The van der Waals surface area contributed by atoms with Crippen LogP contribution in [-0.4, -0.2) is 44.9 Å². The maximum absolute atomic E-state index is 13.3. The lowest BCUT2D eigenvalue weighted by molar-refractivity contribution is -0.00786. The van der Waals surface area contributed by atoms with Crippen molar-refractivity contribution in [1.82, 2.24) is 24.1 Å². The quantitative estimate of drug-likeness (QED) is 0.504. The van der Waals surface area contributed by atoms with E-state index in [2.05, 4.69) is 15.1 Å². The zero-order valence-corrected chi connectivity index (χ0v) is 16.2. The molecule has 0 aliphatic rings. The monoisotopic (exact) mass is 383 g/mol. The standard InChI is InChI=1S/C19H21N5O4/c1-19(2,27-4)18-21-16(22-28-18)14-15-17(25)23(9-10-26-3)12-7-5-6-8-13(12)24(15)11-20-14/h5-8,11H,9-10H2,1-4H3. The van der Waals surface area contributed by atoms with Gasteiger partial charge in [-0.25, -0.2) is 4.98 Å². The highest BCUT2D eigenvalue weighted by Gasteiger charge is 2.29. The molecule has 0 saturated heterocycles. The molecule has 146 valence electrons. The Balaban J connectivity index is 1.97. The second kappa shape index (κ2) is 6.84. The molecule has 0 spiro atoms. The predicted octanol–water partition coefficient (Wildman–Crippen LogP) is 2.23. The highest BCUT2D eigenvalue weighted by molar-refractivity contribution is 5.83. The highest BCUT2D eigenvalue weighted by atomic mass is 16.5. The minimum atomic E-state index is -0.744. The Bertz CT molecular complexity index is 1200. The fourth-order valence-electron chi connectivity index (χ4n) is 3.09. The van der Waals surface area contributed by atoms with Gasteiger partial charge in [0.2, 0.25) is 5.82 Å². The Hall–Kier alpha value is -3.04. The van der Waals surface area contributed by atoms with Gasteiger partial charge in [-0.3, -0.25) is 9.20 Å². The van der Waals surface area contributed by atoms with Gasteiger partial charge in [0.1, 0.15) is 23.1 Å². The van der Waals surface area contributed by atoms with Crippen LogP contribution in [0.15, 0.2) is 39.9 Å². The summed E-state index contributed by atoms with van der Waals surface area (Å²) < 4.78 is 19.3. The summed E-state index contributed by atoms with van der Waals surface area (Å²) in [5.74, 6) is 0.556. The summed E-state index contributed by atoms with van der Waals surface area (Å²) in [7, 11) is 3.17. The number of aromatic nitrogens is 5. The van der Waals surface area contributed by atoms with Crippen molar-refractivity contribution >= 4 is 16.6 Å². The third-order valence-electron chi connectivity index (χ3n) is 4.83. The molecule has 0 unspecified atom stereocenters. The fourth-order valence-corrected chi connectivity index (χ4v) is 3.09. The molecule has 9 heteroatoms. The van der Waals surface area contributed by atoms with Crippen molar-refractivity contribution < 1.29 is 14.0 Å². The molecule has 0 amide bonds. The normalized spacial score (nSPS) is 12.3. The zero-order chi connectivity index (χ0) is 19.9. The van der Waals surface area contributed by atoms with Crippen LogP contribution < -0.4 is 5.56 Å². The Kier molecular flexibility index (Phi) is 4.48. The van der Waals surface area contributed by atoms with Crippen molar-refractivity contribution in [2.24, 2.45) is 0 Å². The molecular formula is C19H21N5O4. The number of ether oxygens (including phenoxy) is 2. The van der Waals surface area contributed by atoms with E-state index in [0.29, 0.717) is 30.3 Å². The first-order valence-corrected chi connectivity index (χ1v) is 8.85. The lowest BCUT2D eigenvalue weighted by Crippen LogP contribution is -2.25. The molecule has 1 aromatic carbocycles. The molecule has 0 N–H and O–H groups in total. The summed E-state index contributed by atoms with van der Waals surface area (Å²) in [4.78, 5) is 22.1. The van der Waals surface area contributed by atoms with Crippen molar-refractivity contribution in [2.45, 2.75) is 26.0 Å². The number of nitrogens with zero attached hydrogens (tertiary/aromatic N) is 5. The van der Waals surface area contributed by atoms with Crippen LogP contribution in [0.3, 0.4) is 0 Å². The largest absolute Gasteiger partial charge is 0.383 e. The van der Waals surface area contributed by atoms with E-state index in [1.54, 1.807) is 29.5 Å². The minimum absolute atomic E-state index is 0.194. The van der Waals surface area contributed by atoms with E-state index >= 15 is 0 Å². The number of rotatable bonds is 6. The van der Waals surface area contributed by atoms with Crippen LogP contribution in [0.2, 0.25) is 0 Å². The van der Waals surface area contributed by atoms with Gasteiger partial charge in [-0.05, 0) is 26.0 Å². The molecular weight excluding hydrogens is 362 g/mol. The van der Waals surface area contributed by atoms with Gasteiger partial charge < -0.3 is 18.6 Å². The lowest BCUT2D eigenvalue weighted by atomic mass is 10.1. The van der Waals surface area contributed by atoms with Crippen molar-refractivity contribution in [3.63, 3.8) is 0 Å². The molecule has 28 heavy (non-hydrogen) atoms. The molecule has 3 aromatic heterocycles. The van der Waals surface area contributed by atoms with Crippen molar-refractivity contribution in [1.29, 1.82) is 0 Å². The second-order valence-electron chi connectivity index (χ2n) is 6.89. The van der Waals surface area contributed by atoms with E-state index in [1.165, 1.54) is 0 Å². The maximum atomic E-state index is 13.3. The van der Waals surface area contributed by atoms with Gasteiger partial charge in [0.15, 0.2) is 0 Å². The molecule has 4 rings (SSSR count). The smallest absolute Gasteiger partial charge is 0.277 e. The van der Waals surface area contributed by atoms with Crippen LogP contribution in [0.25, 0.3) is 28.1 Å². The second-order valence-corrected chi connectivity index (χ2v) is 6.89. The van der Waals surface area contributed by atoms with Crippen molar-refractivity contribution in [3.05, 3.63) is 46.8 Å². The van der Waals surface area contributed by atoms with E-state index < -0.39 is 5.60 Å². The maximum Gasteiger partial charge on any atom is 0.277 e. The number of fused-ring (bicyclic) bond motifs is 3. The number of benzene rings is 1. The fraction of sp³-hybridized carbons (Fsp3) is 0.368. The zero-order valence-electron chi connectivity index (χ0n) is 16.2. The van der Waals surface area contributed by atoms with Gasteiger partial charge in [-0.15, -0.1) is 0 Å². The lowest BCUT2D eigenvalue weighted by Gasteiger charge is -2.16. The first-order valence-electron chi connectivity index (χ1n) is 8.85. The van der Waals surface area contributed by atoms with Gasteiger partial charge in [-0.2, -0.15) is 4.98 Å². The number of methoxy groups -OCH3 is 2. The van der Waals surface area contributed by atoms with Crippen LogP contribution in [0, 0.1) is 0 Å². The van der Waals surface area contributed by atoms with Crippen molar-refractivity contribution in [3.8, 4) is 11.5 Å². The first kappa shape index (κ1) is 18.3. The van der Waals surface area contributed by atoms with Crippen molar-refractivity contribution in [2.75, 3.05) is 20.8 Å². The van der Waals surface area contributed by atoms with E-state index in [9.17, 15) is 4.79 Å². The van der Waals surface area contributed by atoms with Crippen LogP contribution in [0.1, 0.15) is 19.7 Å². The summed E-state index contributed by atoms with van der Waals surface area (Å²) in [6, 6.07) is 7.65. The minimum Gasteiger partial charge on any atom is -0.383 e. The summed E-state index contributed by atoms with van der Waals surface area (Å²) in [5, 5.41) is 4.02. The SMILES string of the molecule is COCCn1c(=O)c2c(-c3noc(C(C)(C)OC)n3)ncn2c2ccccc21. The van der Waals surface area contributed by atoms with Gasteiger partial charge in [0, 0.05) is 20.8 Å². The Morgan fingerprint density at radius 2 is 1.93 bits per heavy atom. The highest BCUT2D eigenvalue weighted by Crippen LogP contribution is 2.26. The van der Waals surface area contributed by atoms with Crippen LogP contribution in [0.4, 0.5) is 0 Å². The van der Waals surface area contributed by atoms with Gasteiger partial charge >= 0.3 is 0 Å². The third kappa shape index (κ3) is 2.79. The summed E-state index contributed by atoms with van der Waals surface area (Å²) in [6.45, 7) is 4.48. The van der Waals surface area contributed by atoms with E-state index in [4.69, 9.17) is 14.0 Å². The Morgan fingerprint density at radius 3 is 2.64 bits per heavy atom. The van der Waals surface area contributed by atoms with Gasteiger partial charge in [-0.1, -0.05) is 17.3 Å². The number of hydrogen-bond donors (Lipinski definition) is 0. The molecule has 0 bridgehead atoms. The molecule has 3 heterocycles. The molecule has 0 aliphatic heterocycles. The van der Waals surface area contributed by atoms with Crippen LogP contribution >= 0.6 is 0 Å². The Labute approximate surface area is 160 Å². The summed E-state index contributed by atoms with van der Waals surface area (Å²) in [5.41, 5.74) is 1.47. The van der Waals surface area contributed by atoms with E-state index in [-0.39, 0.29) is 11.4 Å². The average molecular weight is 383 g/mol. The summed E-state index contributed by atoms with van der Waals surface area (Å²) >= 11 is 0. The van der Waals surface area contributed by atoms with Gasteiger partial charge in [0.05, 0.1) is 17.6 Å². The molecule has 0 saturated carbocycles. The molecule has 0 aliphatic carbocycles.